The van der Waals surface area contributed by atoms with Crippen molar-refractivity contribution in [2.75, 3.05) is 6.26 Å². The Morgan fingerprint density at radius 3 is 2.17 bits per heavy atom. The fourth-order valence-corrected chi connectivity index (χ4v) is 3.30. The Balaban J connectivity index is 2.07. The van der Waals surface area contributed by atoms with Crippen LogP contribution in [0.4, 0.5) is 4.39 Å². The molecule has 0 spiro atoms. The van der Waals surface area contributed by atoms with E-state index in [1.54, 1.807) is 24.3 Å². The minimum atomic E-state index is -3.20. The van der Waals surface area contributed by atoms with Gasteiger partial charge in [-0.15, -0.1) is 0 Å². The average Bonchev–Trinajstić information content (AvgIpc) is 2.55. The molecule has 1 aliphatic rings. The maximum absolute atomic E-state index is 13.1. The molecular formula is C19H16FO2S. The van der Waals surface area contributed by atoms with Crippen molar-refractivity contribution in [2.45, 2.75) is 17.7 Å². The van der Waals surface area contributed by atoms with Crippen LogP contribution in [0.15, 0.2) is 59.5 Å². The van der Waals surface area contributed by atoms with Crippen molar-refractivity contribution < 1.29 is 12.8 Å². The van der Waals surface area contributed by atoms with Gasteiger partial charge in [-0.2, -0.15) is 0 Å². The summed E-state index contributed by atoms with van der Waals surface area (Å²) in [7, 11) is -3.20. The summed E-state index contributed by atoms with van der Waals surface area (Å²) in [5, 5.41) is 0. The third kappa shape index (κ3) is 3.42. The molecule has 2 nitrogen and oxygen atoms in total. The smallest absolute Gasteiger partial charge is 0.175 e. The van der Waals surface area contributed by atoms with E-state index in [0.29, 0.717) is 4.90 Å². The Labute approximate surface area is 135 Å². The van der Waals surface area contributed by atoms with Crippen molar-refractivity contribution in [3.63, 3.8) is 0 Å². The lowest BCUT2D eigenvalue weighted by Gasteiger charge is -2.17. The van der Waals surface area contributed by atoms with E-state index in [2.05, 4.69) is 6.08 Å². The van der Waals surface area contributed by atoms with Crippen LogP contribution in [-0.4, -0.2) is 14.7 Å². The number of rotatable bonds is 3. The quantitative estimate of drug-likeness (QED) is 0.842. The first kappa shape index (κ1) is 15.7. The first-order chi connectivity index (χ1) is 10.9. The Bertz CT molecular complexity index is 874. The van der Waals surface area contributed by atoms with Crippen LogP contribution in [0.1, 0.15) is 24.0 Å². The van der Waals surface area contributed by atoms with Gasteiger partial charge in [0.1, 0.15) is 5.82 Å². The van der Waals surface area contributed by atoms with E-state index in [4.69, 9.17) is 0 Å². The van der Waals surface area contributed by atoms with E-state index < -0.39 is 9.84 Å². The molecule has 2 aromatic carbocycles. The highest BCUT2D eigenvalue weighted by atomic mass is 32.2. The van der Waals surface area contributed by atoms with Gasteiger partial charge in [-0.3, -0.25) is 0 Å². The Hall–Kier alpha value is -2.20. The molecule has 0 heterocycles. The molecule has 4 heteroatoms. The fraction of sp³-hybridized carbons (Fsp3) is 0.158. The monoisotopic (exact) mass is 327 g/mol. The predicted molar refractivity (Wildman–Crippen MR) is 89.8 cm³/mol. The van der Waals surface area contributed by atoms with E-state index in [1.165, 1.54) is 18.4 Å². The van der Waals surface area contributed by atoms with E-state index in [-0.39, 0.29) is 5.82 Å². The maximum atomic E-state index is 13.1. The molecule has 0 bridgehead atoms. The summed E-state index contributed by atoms with van der Waals surface area (Å²) >= 11 is 0. The second-order valence-electron chi connectivity index (χ2n) is 5.54. The van der Waals surface area contributed by atoms with Gasteiger partial charge in [0, 0.05) is 6.26 Å². The molecule has 0 aromatic heterocycles. The summed E-state index contributed by atoms with van der Waals surface area (Å²) in [6.45, 7) is 0. The van der Waals surface area contributed by atoms with Gasteiger partial charge in [0.15, 0.2) is 9.84 Å². The van der Waals surface area contributed by atoms with Crippen LogP contribution in [0.3, 0.4) is 0 Å². The van der Waals surface area contributed by atoms with Gasteiger partial charge < -0.3 is 0 Å². The van der Waals surface area contributed by atoms with Gasteiger partial charge in [-0.1, -0.05) is 30.3 Å². The number of sulfone groups is 1. The summed E-state index contributed by atoms with van der Waals surface area (Å²) in [5.74, 6) is -0.270. The van der Waals surface area contributed by atoms with Crippen LogP contribution in [0.25, 0.3) is 11.1 Å². The molecular weight excluding hydrogens is 311 g/mol. The zero-order valence-corrected chi connectivity index (χ0v) is 13.5. The Morgan fingerprint density at radius 1 is 0.957 bits per heavy atom. The van der Waals surface area contributed by atoms with Gasteiger partial charge >= 0.3 is 0 Å². The van der Waals surface area contributed by atoms with Gasteiger partial charge in [0.25, 0.3) is 0 Å². The van der Waals surface area contributed by atoms with Crippen LogP contribution < -0.4 is 0 Å². The molecule has 1 aliphatic carbocycles. The van der Waals surface area contributed by atoms with Gasteiger partial charge in [0.2, 0.25) is 0 Å². The van der Waals surface area contributed by atoms with Crippen molar-refractivity contribution >= 4 is 21.0 Å². The van der Waals surface area contributed by atoms with Crippen molar-refractivity contribution in [3.05, 3.63) is 77.6 Å². The topological polar surface area (TPSA) is 34.1 Å². The number of allylic oxidation sites excluding steroid dienone is 4. The molecule has 2 aromatic rings. The summed E-state index contributed by atoms with van der Waals surface area (Å²) in [6.07, 6.45) is 8.17. The van der Waals surface area contributed by atoms with Gasteiger partial charge in [0.05, 0.1) is 4.90 Å². The SMILES string of the molecule is CS(=O)(=O)c1ccc(C2=C(c3ccc(F)cc3)[C]=CCC2)cc1. The average molecular weight is 327 g/mol. The highest BCUT2D eigenvalue weighted by Crippen LogP contribution is 2.34. The van der Waals surface area contributed by atoms with E-state index in [0.717, 1.165) is 35.1 Å². The van der Waals surface area contributed by atoms with Crippen LogP contribution in [0.2, 0.25) is 0 Å². The van der Waals surface area contributed by atoms with Gasteiger partial charge in [-0.05, 0) is 65.5 Å². The summed E-state index contributed by atoms with van der Waals surface area (Å²) in [6, 6.07) is 13.2. The molecule has 0 atom stereocenters. The highest BCUT2D eigenvalue weighted by Gasteiger charge is 2.14. The summed E-state index contributed by atoms with van der Waals surface area (Å²) in [4.78, 5) is 0.306. The lowest BCUT2D eigenvalue weighted by Crippen LogP contribution is -1.99. The van der Waals surface area contributed by atoms with Crippen molar-refractivity contribution in [1.29, 1.82) is 0 Å². The molecule has 0 aliphatic heterocycles. The number of halogens is 1. The van der Waals surface area contributed by atoms with Crippen molar-refractivity contribution in [2.24, 2.45) is 0 Å². The molecule has 0 amide bonds. The first-order valence-corrected chi connectivity index (χ1v) is 9.22. The summed E-state index contributed by atoms with van der Waals surface area (Å²) in [5.41, 5.74) is 3.91. The zero-order valence-electron chi connectivity index (χ0n) is 12.7. The van der Waals surface area contributed by atoms with E-state index in [9.17, 15) is 12.8 Å². The van der Waals surface area contributed by atoms with Crippen molar-refractivity contribution in [3.8, 4) is 0 Å². The molecule has 1 radical (unpaired) electrons. The van der Waals surface area contributed by atoms with E-state index >= 15 is 0 Å². The Kier molecular flexibility index (Phi) is 4.18. The van der Waals surface area contributed by atoms with Crippen LogP contribution in [-0.2, 0) is 9.84 Å². The third-order valence-electron chi connectivity index (χ3n) is 3.85. The lowest BCUT2D eigenvalue weighted by atomic mass is 9.88. The molecule has 117 valence electrons. The molecule has 0 unspecified atom stereocenters. The lowest BCUT2D eigenvalue weighted by molar-refractivity contribution is 0.602. The first-order valence-electron chi connectivity index (χ1n) is 7.33. The van der Waals surface area contributed by atoms with Crippen LogP contribution >= 0.6 is 0 Å². The number of benzene rings is 2. The second kappa shape index (κ2) is 6.13. The van der Waals surface area contributed by atoms with Crippen LogP contribution in [0, 0.1) is 11.9 Å². The van der Waals surface area contributed by atoms with Crippen LogP contribution in [0.5, 0.6) is 0 Å². The normalized spacial score (nSPS) is 15.0. The molecule has 3 rings (SSSR count). The van der Waals surface area contributed by atoms with Crippen molar-refractivity contribution in [1.82, 2.24) is 0 Å². The maximum Gasteiger partial charge on any atom is 0.175 e. The largest absolute Gasteiger partial charge is 0.224 e. The molecule has 0 saturated carbocycles. The van der Waals surface area contributed by atoms with Gasteiger partial charge in [-0.25, -0.2) is 12.8 Å². The zero-order chi connectivity index (χ0) is 16.4. The number of hydrogen-bond acceptors (Lipinski definition) is 2. The van der Waals surface area contributed by atoms with E-state index in [1.807, 2.05) is 18.2 Å². The predicted octanol–water partition coefficient (Wildman–Crippen LogP) is 4.29. The molecule has 23 heavy (non-hydrogen) atoms. The third-order valence-corrected chi connectivity index (χ3v) is 4.98. The standard InChI is InChI=1S/C19H16FO2S/c1-23(21,22)17-12-8-15(9-13-17)19-5-3-2-4-18(19)14-6-10-16(20)11-7-14/h2,6-13H,3,5H2,1H3. The summed E-state index contributed by atoms with van der Waals surface area (Å²) < 4.78 is 36.3. The molecule has 0 saturated heterocycles. The number of hydrogen-bond donors (Lipinski definition) is 0. The minimum Gasteiger partial charge on any atom is -0.224 e. The highest BCUT2D eigenvalue weighted by molar-refractivity contribution is 7.90. The second-order valence-corrected chi connectivity index (χ2v) is 7.56. The minimum absolute atomic E-state index is 0.270. The Morgan fingerprint density at radius 2 is 1.57 bits per heavy atom. The molecule has 0 fully saturated rings. The fourth-order valence-electron chi connectivity index (χ4n) is 2.67. The molecule has 0 N–H and O–H groups in total.